The van der Waals surface area contributed by atoms with E-state index in [0.29, 0.717) is 24.2 Å². The first-order valence-corrected chi connectivity index (χ1v) is 9.90. The van der Waals surface area contributed by atoms with Crippen LogP contribution in [0.4, 0.5) is 0 Å². The molecule has 2 aliphatic rings. The maximum absolute atomic E-state index is 12.7. The van der Waals surface area contributed by atoms with E-state index in [2.05, 4.69) is 23.0 Å². The van der Waals surface area contributed by atoms with Crippen LogP contribution in [0.2, 0.25) is 0 Å². The predicted molar refractivity (Wildman–Crippen MR) is 107 cm³/mol. The van der Waals surface area contributed by atoms with Crippen molar-refractivity contribution in [1.29, 1.82) is 0 Å². The quantitative estimate of drug-likeness (QED) is 0.704. The first-order chi connectivity index (χ1) is 13.9. The molecule has 1 aromatic heterocycles. The average Bonchev–Trinajstić information content (AvgIpc) is 3.17. The highest BCUT2D eigenvalue weighted by molar-refractivity contribution is 6.22. The number of nitrogens with zero attached hydrogens (tertiary/aromatic N) is 5. The van der Waals surface area contributed by atoms with Crippen molar-refractivity contribution in [2.45, 2.75) is 20.4 Å². The van der Waals surface area contributed by atoms with Crippen LogP contribution in [-0.2, 0) is 11.3 Å². The number of hydrogen-bond acceptors (Lipinski definition) is 5. The number of benzene rings is 1. The zero-order chi connectivity index (χ0) is 20.5. The fourth-order valence-corrected chi connectivity index (χ4v) is 3.98. The molecule has 29 heavy (non-hydrogen) atoms. The Balaban J connectivity index is 1.28. The molecule has 0 spiro atoms. The Morgan fingerprint density at radius 1 is 0.966 bits per heavy atom. The lowest BCUT2D eigenvalue weighted by Gasteiger charge is -2.35. The molecule has 0 bridgehead atoms. The molecule has 152 valence electrons. The minimum Gasteiger partial charge on any atom is -0.339 e. The number of carbonyl (C=O) groups excluding carboxylic acids is 3. The average molecular weight is 395 g/mol. The number of piperazine rings is 1. The van der Waals surface area contributed by atoms with Crippen LogP contribution in [-0.4, -0.2) is 81.5 Å². The Labute approximate surface area is 169 Å². The molecule has 0 saturated carbocycles. The summed E-state index contributed by atoms with van der Waals surface area (Å²) in [5.74, 6) is -0.956. The van der Waals surface area contributed by atoms with Gasteiger partial charge in [-0.3, -0.25) is 28.9 Å². The van der Waals surface area contributed by atoms with E-state index in [4.69, 9.17) is 0 Å². The molecule has 2 aromatic rings. The Hall–Kier alpha value is -3.00. The van der Waals surface area contributed by atoms with E-state index in [9.17, 15) is 14.4 Å². The van der Waals surface area contributed by atoms with Crippen molar-refractivity contribution >= 4 is 17.7 Å². The predicted octanol–water partition coefficient (Wildman–Crippen LogP) is 0.940. The third kappa shape index (κ3) is 3.80. The van der Waals surface area contributed by atoms with Gasteiger partial charge in [0.1, 0.15) is 6.54 Å². The maximum atomic E-state index is 12.7. The Morgan fingerprint density at radius 3 is 2.14 bits per heavy atom. The van der Waals surface area contributed by atoms with Crippen LogP contribution in [0.5, 0.6) is 0 Å². The summed E-state index contributed by atoms with van der Waals surface area (Å²) in [5.41, 5.74) is 2.92. The maximum Gasteiger partial charge on any atom is 0.262 e. The molecule has 1 aromatic carbocycles. The fraction of sp³-hybridized carbons (Fsp3) is 0.429. The molecule has 0 atom stereocenters. The molecule has 1 saturated heterocycles. The van der Waals surface area contributed by atoms with Gasteiger partial charge in [-0.1, -0.05) is 12.1 Å². The highest BCUT2D eigenvalue weighted by Gasteiger charge is 2.37. The van der Waals surface area contributed by atoms with E-state index >= 15 is 0 Å². The molecule has 0 N–H and O–H groups in total. The standard InChI is InChI=1S/C21H25N5O3/c1-15-13-16(2)26(22-15)12-9-23-7-10-24(11-8-23)19(27)14-25-20(28)17-5-3-4-6-18(17)21(25)29/h3-6,13H,7-12,14H2,1-2H3. The smallest absolute Gasteiger partial charge is 0.262 e. The monoisotopic (exact) mass is 395 g/mol. The van der Waals surface area contributed by atoms with Crippen LogP contribution in [0.15, 0.2) is 30.3 Å². The first kappa shape index (κ1) is 19.3. The van der Waals surface area contributed by atoms with Gasteiger partial charge in [-0.2, -0.15) is 5.10 Å². The van der Waals surface area contributed by atoms with Gasteiger partial charge in [-0.15, -0.1) is 0 Å². The zero-order valence-corrected chi connectivity index (χ0v) is 16.8. The van der Waals surface area contributed by atoms with E-state index in [-0.39, 0.29) is 24.3 Å². The van der Waals surface area contributed by atoms with Crippen LogP contribution in [0, 0.1) is 13.8 Å². The number of fused-ring (bicyclic) bond motifs is 1. The second-order valence-corrected chi connectivity index (χ2v) is 7.61. The second kappa shape index (κ2) is 7.79. The molecule has 4 rings (SSSR count). The van der Waals surface area contributed by atoms with Gasteiger partial charge >= 0.3 is 0 Å². The largest absolute Gasteiger partial charge is 0.339 e. The van der Waals surface area contributed by atoms with E-state index in [1.807, 2.05) is 11.6 Å². The summed E-state index contributed by atoms with van der Waals surface area (Å²) in [5, 5.41) is 4.48. The normalized spacial score (nSPS) is 17.2. The van der Waals surface area contributed by atoms with Gasteiger partial charge in [0.05, 0.1) is 23.4 Å². The lowest BCUT2D eigenvalue weighted by molar-refractivity contribution is -0.133. The molecule has 2 aliphatic heterocycles. The van der Waals surface area contributed by atoms with Crippen LogP contribution < -0.4 is 0 Å². The number of rotatable bonds is 5. The second-order valence-electron chi connectivity index (χ2n) is 7.61. The minimum atomic E-state index is -0.387. The van der Waals surface area contributed by atoms with Crippen molar-refractivity contribution in [1.82, 2.24) is 24.5 Å². The summed E-state index contributed by atoms with van der Waals surface area (Å²) in [6.07, 6.45) is 0. The van der Waals surface area contributed by atoms with E-state index in [1.54, 1.807) is 29.2 Å². The minimum absolute atomic E-state index is 0.183. The third-order valence-corrected chi connectivity index (χ3v) is 5.63. The van der Waals surface area contributed by atoms with Gasteiger partial charge in [0.2, 0.25) is 5.91 Å². The van der Waals surface area contributed by atoms with Gasteiger partial charge in [0.25, 0.3) is 11.8 Å². The molecular weight excluding hydrogens is 370 g/mol. The number of hydrogen-bond donors (Lipinski definition) is 0. The Morgan fingerprint density at radius 2 is 1.59 bits per heavy atom. The SMILES string of the molecule is Cc1cc(C)n(CCN2CCN(C(=O)CN3C(=O)c4ccccc4C3=O)CC2)n1. The van der Waals surface area contributed by atoms with E-state index < -0.39 is 0 Å². The summed E-state index contributed by atoms with van der Waals surface area (Å²) in [4.78, 5) is 42.7. The number of aryl methyl sites for hydroxylation is 2. The van der Waals surface area contributed by atoms with Crippen LogP contribution in [0.25, 0.3) is 0 Å². The summed E-state index contributed by atoms with van der Waals surface area (Å²) in [6.45, 7) is 8.28. The highest BCUT2D eigenvalue weighted by atomic mass is 16.2. The topological polar surface area (TPSA) is 78.8 Å². The number of aromatic nitrogens is 2. The molecule has 0 aliphatic carbocycles. The number of amides is 3. The van der Waals surface area contributed by atoms with Crippen molar-refractivity contribution in [3.8, 4) is 0 Å². The molecule has 3 amide bonds. The highest BCUT2D eigenvalue weighted by Crippen LogP contribution is 2.22. The molecule has 0 radical (unpaired) electrons. The summed E-state index contributed by atoms with van der Waals surface area (Å²) >= 11 is 0. The molecule has 8 nitrogen and oxygen atoms in total. The summed E-state index contributed by atoms with van der Waals surface area (Å²) in [6, 6.07) is 8.76. The fourth-order valence-electron chi connectivity index (χ4n) is 3.98. The van der Waals surface area contributed by atoms with Gasteiger partial charge in [-0.25, -0.2) is 0 Å². The van der Waals surface area contributed by atoms with E-state index in [0.717, 1.165) is 42.5 Å². The van der Waals surface area contributed by atoms with Gasteiger partial charge < -0.3 is 4.90 Å². The van der Waals surface area contributed by atoms with Crippen molar-refractivity contribution in [2.75, 3.05) is 39.3 Å². The van der Waals surface area contributed by atoms with Crippen molar-refractivity contribution < 1.29 is 14.4 Å². The molecule has 3 heterocycles. The third-order valence-electron chi connectivity index (χ3n) is 5.63. The van der Waals surface area contributed by atoms with E-state index in [1.165, 1.54) is 0 Å². The van der Waals surface area contributed by atoms with Crippen molar-refractivity contribution in [3.63, 3.8) is 0 Å². The first-order valence-electron chi connectivity index (χ1n) is 9.90. The molecule has 0 unspecified atom stereocenters. The zero-order valence-electron chi connectivity index (χ0n) is 16.8. The number of imide groups is 1. The van der Waals surface area contributed by atoms with Gasteiger partial charge in [-0.05, 0) is 32.0 Å². The molecular formula is C21H25N5O3. The van der Waals surface area contributed by atoms with Crippen LogP contribution in [0.1, 0.15) is 32.1 Å². The van der Waals surface area contributed by atoms with Crippen molar-refractivity contribution in [2.24, 2.45) is 0 Å². The van der Waals surface area contributed by atoms with Gasteiger partial charge in [0.15, 0.2) is 0 Å². The van der Waals surface area contributed by atoms with Crippen LogP contribution in [0.3, 0.4) is 0 Å². The lowest BCUT2D eigenvalue weighted by Crippen LogP contribution is -2.52. The molecule has 8 heteroatoms. The lowest BCUT2D eigenvalue weighted by atomic mass is 10.1. The number of carbonyl (C=O) groups is 3. The Kier molecular flexibility index (Phi) is 5.19. The van der Waals surface area contributed by atoms with Crippen LogP contribution >= 0.6 is 0 Å². The Bertz CT molecular complexity index is 924. The molecule has 1 fully saturated rings. The van der Waals surface area contributed by atoms with Crippen molar-refractivity contribution in [3.05, 3.63) is 52.8 Å². The van der Waals surface area contributed by atoms with Gasteiger partial charge in [0, 0.05) is 38.4 Å². The summed E-state index contributed by atoms with van der Waals surface area (Å²) in [7, 11) is 0. The summed E-state index contributed by atoms with van der Waals surface area (Å²) < 4.78 is 2.01.